The normalized spacial score (nSPS) is 10.7. The summed E-state index contributed by atoms with van der Waals surface area (Å²) < 4.78 is 6.13. The molecular weight excluding hydrogens is 330 g/mol. The van der Waals surface area contributed by atoms with Crippen molar-refractivity contribution in [3.8, 4) is 11.4 Å². The van der Waals surface area contributed by atoms with Crippen molar-refractivity contribution in [3.05, 3.63) is 40.0 Å². The van der Waals surface area contributed by atoms with Crippen LogP contribution in [0.4, 0.5) is 5.82 Å². The minimum Gasteiger partial charge on any atom is -0.380 e. The van der Waals surface area contributed by atoms with Gasteiger partial charge in [0.1, 0.15) is 5.82 Å². The number of hydrogen-bond donors (Lipinski definition) is 1. The zero-order valence-corrected chi connectivity index (χ0v) is 14.2. The largest absolute Gasteiger partial charge is 0.380 e. The Balaban J connectivity index is 2.47. The molecule has 1 aromatic heterocycles. The monoisotopic (exact) mass is 349 g/mol. The molecule has 0 bridgehead atoms. The maximum absolute atomic E-state index is 5.18. The van der Waals surface area contributed by atoms with Crippen LogP contribution in [-0.4, -0.2) is 24.1 Å². The second-order valence-electron chi connectivity index (χ2n) is 4.79. The lowest BCUT2D eigenvalue weighted by atomic mass is 10.1. The first-order valence-corrected chi connectivity index (χ1v) is 7.81. The summed E-state index contributed by atoms with van der Waals surface area (Å²) in [6.07, 6.45) is 1.96. The Bertz CT molecular complexity index is 616. The van der Waals surface area contributed by atoms with Gasteiger partial charge in [-0.1, -0.05) is 31.5 Å². The topological polar surface area (TPSA) is 47.0 Å². The maximum atomic E-state index is 5.18. The number of rotatable bonds is 6. The van der Waals surface area contributed by atoms with Gasteiger partial charge in [0, 0.05) is 19.7 Å². The fourth-order valence-corrected chi connectivity index (χ4v) is 2.73. The summed E-state index contributed by atoms with van der Waals surface area (Å²) in [6, 6.07) is 8.14. The molecule has 0 fully saturated rings. The van der Waals surface area contributed by atoms with Crippen LogP contribution in [0, 0.1) is 0 Å². The molecule has 4 nitrogen and oxygen atoms in total. The van der Waals surface area contributed by atoms with Crippen molar-refractivity contribution in [2.24, 2.45) is 0 Å². The second-order valence-corrected chi connectivity index (χ2v) is 5.58. The van der Waals surface area contributed by atoms with Crippen LogP contribution in [0.25, 0.3) is 11.4 Å². The predicted molar refractivity (Wildman–Crippen MR) is 89.4 cm³/mol. The summed E-state index contributed by atoms with van der Waals surface area (Å²) >= 11 is 3.58. The lowest BCUT2D eigenvalue weighted by Crippen LogP contribution is -2.03. The highest BCUT2D eigenvalue weighted by Crippen LogP contribution is 2.28. The van der Waals surface area contributed by atoms with E-state index in [1.54, 1.807) is 7.11 Å². The maximum Gasteiger partial charge on any atom is 0.161 e. The van der Waals surface area contributed by atoms with E-state index in [1.165, 1.54) is 0 Å². The summed E-state index contributed by atoms with van der Waals surface area (Å²) in [6.45, 7) is 2.73. The molecule has 0 amide bonds. The molecule has 0 aliphatic rings. The number of aryl methyl sites for hydroxylation is 1. The molecule has 21 heavy (non-hydrogen) atoms. The predicted octanol–water partition coefficient (Wildman–Crippen LogP) is 4.05. The average Bonchev–Trinajstić information content (AvgIpc) is 2.50. The Morgan fingerprint density at radius 3 is 2.76 bits per heavy atom. The number of aromatic nitrogens is 2. The van der Waals surface area contributed by atoms with Crippen molar-refractivity contribution in [1.82, 2.24) is 9.97 Å². The third kappa shape index (κ3) is 3.80. The molecule has 0 atom stereocenters. The van der Waals surface area contributed by atoms with E-state index in [2.05, 4.69) is 39.2 Å². The number of hydrogen-bond acceptors (Lipinski definition) is 4. The van der Waals surface area contributed by atoms with Gasteiger partial charge >= 0.3 is 0 Å². The zero-order chi connectivity index (χ0) is 15.2. The molecule has 1 heterocycles. The summed E-state index contributed by atoms with van der Waals surface area (Å²) in [5, 5.41) is 3.12. The summed E-state index contributed by atoms with van der Waals surface area (Å²) in [7, 11) is 3.56. The van der Waals surface area contributed by atoms with Crippen LogP contribution in [0.3, 0.4) is 0 Å². The number of benzene rings is 1. The molecule has 5 heteroatoms. The fourth-order valence-electron chi connectivity index (χ4n) is 2.16. The SMILES string of the molecule is CCCc1nc(-c2cccc(COC)c2)nc(NC)c1Br. The molecule has 1 N–H and O–H groups in total. The Kier molecular flexibility index (Phi) is 5.70. The van der Waals surface area contributed by atoms with E-state index in [1.807, 2.05) is 25.2 Å². The van der Waals surface area contributed by atoms with Crippen molar-refractivity contribution in [3.63, 3.8) is 0 Å². The van der Waals surface area contributed by atoms with Crippen LogP contribution in [-0.2, 0) is 17.8 Å². The van der Waals surface area contributed by atoms with Crippen molar-refractivity contribution in [1.29, 1.82) is 0 Å². The molecule has 0 radical (unpaired) electrons. The van der Waals surface area contributed by atoms with Crippen LogP contribution in [0.5, 0.6) is 0 Å². The number of anilines is 1. The minimum atomic E-state index is 0.588. The number of nitrogens with one attached hydrogen (secondary N) is 1. The van der Waals surface area contributed by atoms with Gasteiger partial charge in [0.05, 0.1) is 16.8 Å². The Labute approximate surface area is 134 Å². The molecule has 2 aromatic rings. The van der Waals surface area contributed by atoms with Gasteiger partial charge in [-0.15, -0.1) is 0 Å². The van der Waals surface area contributed by atoms with Crippen LogP contribution in [0.15, 0.2) is 28.7 Å². The van der Waals surface area contributed by atoms with Gasteiger partial charge in [-0.2, -0.15) is 0 Å². The summed E-state index contributed by atoms with van der Waals surface area (Å²) in [4.78, 5) is 9.30. The van der Waals surface area contributed by atoms with Crippen molar-refractivity contribution >= 4 is 21.7 Å². The lowest BCUT2D eigenvalue weighted by Gasteiger charge is -2.11. The van der Waals surface area contributed by atoms with Gasteiger partial charge in [-0.3, -0.25) is 0 Å². The number of halogens is 1. The van der Waals surface area contributed by atoms with E-state index in [-0.39, 0.29) is 0 Å². The number of nitrogens with zero attached hydrogens (tertiary/aromatic N) is 2. The van der Waals surface area contributed by atoms with E-state index in [9.17, 15) is 0 Å². The van der Waals surface area contributed by atoms with Crippen molar-refractivity contribution < 1.29 is 4.74 Å². The third-order valence-corrected chi connectivity index (χ3v) is 3.97. The summed E-state index contributed by atoms with van der Waals surface area (Å²) in [5.41, 5.74) is 3.15. The van der Waals surface area contributed by atoms with E-state index >= 15 is 0 Å². The number of ether oxygens (including phenoxy) is 1. The van der Waals surface area contributed by atoms with Crippen molar-refractivity contribution in [2.45, 2.75) is 26.4 Å². The van der Waals surface area contributed by atoms with Crippen LogP contribution in [0.1, 0.15) is 24.6 Å². The molecule has 2 rings (SSSR count). The molecule has 0 saturated carbocycles. The van der Waals surface area contributed by atoms with E-state index in [4.69, 9.17) is 9.72 Å². The fraction of sp³-hybridized carbons (Fsp3) is 0.375. The minimum absolute atomic E-state index is 0.588. The highest BCUT2D eigenvalue weighted by Gasteiger charge is 2.12. The van der Waals surface area contributed by atoms with Crippen molar-refractivity contribution in [2.75, 3.05) is 19.5 Å². The quantitative estimate of drug-likeness (QED) is 0.854. The summed E-state index contributed by atoms with van der Waals surface area (Å²) in [5.74, 6) is 1.56. The first-order valence-electron chi connectivity index (χ1n) is 7.02. The molecule has 0 aliphatic heterocycles. The highest BCUT2D eigenvalue weighted by atomic mass is 79.9. The average molecular weight is 350 g/mol. The molecule has 0 unspecified atom stereocenters. The third-order valence-electron chi connectivity index (χ3n) is 3.14. The highest BCUT2D eigenvalue weighted by molar-refractivity contribution is 9.10. The first kappa shape index (κ1) is 15.9. The Morgan fingerprint density at radius 1 is 1.29 bits per heavy atom. The Hall–Kier alpha value is -1.46. The second kappa shape index (κ2) is 7.52. The molecule has 112 valence electrons. The molecule has 1 aromatic carbocycles. The van der Waals surface area contributed by atoms with Gasteiger partial charge in [-0.25, -0.2) is 9.97 Å². The van der Waals surface area contributed by atoms with Crippen LogP contribution >= 0.6 is 15.9 Å². The van der Waals surface area contributed by atoms with Crippen LogP contribution < -0.4 is 5.32 Å². The lowest BCUT2D eigenvalue weighted by molar-refractivity contribution is 0.185. The van der Waals surface area contributed by atoms with Gasteiger partial charge in [-0.05, 0) is 34.0 Å². The number of methoxy groups -OCH3 is 1. The van der Waals surface area contributed by atoms with E-state index in [0.717, 1.165) is 45.8 Å². The Morgan fingerprint density at radius 2 is 2.10 bits per heavy atom. The van der Waals surface area contributed by atoms with E-state index < -0.39 is 0 Å². The first-order chi connectivity index (χ1) is 10.2. The molecule has 0 spiro atoms. The van der Waals surface area contributed by atoms with Gasteiger partial charge in [0.15, 0.2) is 5.82 Å². The van der Waals surface area contributed by atoms with Gasteiger partial charge < -0.3 is 10.1 Å². The van der Waals surface area contributed by atoms with E-state index in [0.29, 0.717) is 6.61 Å². The molecular formula is C16H20BrN3O. The standard InChI is InChI=1S/C16H20BrN3O/c1-4-6-13-14(17)16(18-2)20-15(19-13)12-8-5-7-11(9-12)10-21-3/h5,7-9H,4,6,10H2,1-3H3,(H,18,19,20). The van der Waals surface area contributed by atoms with Crippen LogP contribution in [0.2, 0.25) is 0 Å². The zero-order valence-electron chi connectivity index (χ0n) is 12.6. The molecule has 0 aliphatic carbocycles. The van der Waals surface area contributed by atoms with Gasteiger partial charge in [0.25, 0.3) is 0 Å². The van der Waals surface area contributed by atoms with Gasteiger partial charge in [0.2, 0.25) is 0 Å². The molecule has 0 saturated heterocycles. The smallest absolute Gasteiger partial charge is 0.161 e.